The fourth-order valence-corrected chi connectivity index (χ4v) is 3.83. The predicted molar refractivity (Wildman–Crippen MR) is 149 cm³/mol. The Hall–Kier alpha value is 1.14. The number of hydrogen-bond donors (Lipinski definition) is 2. The van der Waals surface area contributed by atoms with E-state index in [1.807, 2.05) is 0 Å². The molecular formula is C25H54Na2O7S. The third-order valence-electron chi connectivity index (χ3n) is 5.45. The molecule has 2 N–H and O–H groups in total. The average molecular weight is 545 g/mol. The Labute approximate surface area is 260 Å². The number of carbonyl (C=O) groups is 1. The van der Waals surface area contributed by atoms with Gasteiger partial charge in [-0.3, -0.25) is 4.55 Å². The van der Waals surface area contributed by atoms with E-state index in [-0.39, 0.29) is 65.7 Å². The van der Waals surface area contributed by atoms with Crippen molar-refractivity contribution in [2.24, 2.45) is 0 Å². The van der Waals surface area contributed by atoms with Gasteiger partial charge in [-0.25, -0.2) is 8.98 Å². The zero-order chi connectivity index (χ0) is 25.0. The van der Waals surface area contributed by atoms with E-state index in [4.69, 9.17) is 9.66 Å². The van der Waals surface area contributed by atoms with Crippen LogP contribution in [0.15, 0.2) is 0 Å². The van der Waals surface area contributed by atoms with Crippen molar-refractivity contribution in [2.45, 2.75) is 142 Å². The van der Waals surface area contributed by atoms with Gasteiger partial charge in [-0.05, 0) is 12.8 Å². The molecule has 0 aromatic rings. The Morgan fingerprint density at radius 2 is 0.857 bits per heavy atom. The molecule has 204 valence electrons. The molecule has 0 aliphatic rings. The minimum absolute atomic E-state index is 0. The van der Waals surface area contributed by atoms with E-state index in [1.54, 1.807) is 0 Å². The van der Waals surface area contributed by atoms with Gasteiger partial charge < -0.3 is 9.84 Å². The first kappa shape index (κ1) is 43.2. The summed E-state index contributed by atoms with van der Waals surface area (Å²) in [6.07, 6.45) is 23.2. The Balaban J connectivity index is -0.000000260. The molecule has 0 aliphatic carbocycles. The molecule has 0 atom stereocenters. The van der Waals surface area contributed by atoms with Gasteiger partial charge >= 0.3 is 75.7 Å². The first-order chi connectivity index (χ1) is 15.8. The van der Waals surface area contributed by atoms with Crippen molar-refractivity contribution < 1.29 is 31.8 Å². The van der Waals surface area contributed by atoms with Crippen LogP contribution in [0.5, 0.6) is 0 Å². The maximum absolute atomic E-state index is 10.2. The van der Waals surface area contributed by atoms with Crippen molar-refractivity contribution in [1.82, 2.24) is 0 Å². The van der Waals surface area contributed by atoms with Gasteiger partial charge in [-0.2, -0.15) is 8.42 Å². The molecule has 7 nitrogen and oxygen atoms in total. The molecular weight excluding hydrogens is 490 g/mol. The average Bonchev–Trinajstić information content (AvgIpc) is 2.75. The molecule has 0 saturated carbocycles. The van der Waals surface area contributed by atoms with Crippen LogP contribution in [0.4, 0.5) is 4.79 Å². The third-order valence-corrected chi connectivity index (χ3v) is 5.92. The summed E-state index contributed by atoms with van der Waals surface area (Å²) >= 11 is 0. The van der Waals surface area contributed by atoms with Crippen LogP contribution in [0.3, 0.4) is 0 Å². The molecule has 0 heterocycles. The number of ether oxygens (including phenoxy) is 1. The van der Waals surface area contributed by atoms with Crippen molar-refractivity contribution in [2.75, 3.05) is 13.2 Å². The molecule has 0 aliphatic heterocycles. The van der Waals surface area contributed by atoms with Crippen molar-refractivity contribution in [3.8, 4) is 0 Å². The fraction of sp³-hybridized carbons (Fsp3) is 0.960. The topological polar surface area (TPSA) is 110 Å². The summed E-state index contributed by atoms with van der Waals surface area (Å²) in [5.41, 5.74) is 0. The van der Waals surface area contributed by atoms with E-state index in [1.165, 1.54) is 96.3 Å². The van der Waals surface area contributed by atoms with Crippen molar-refractivity contribution >= 4 is 75.7 Å². The number of unbranched alkanes of at least 4 members (excludes halogenated alkanes) is 18. The summed E-state index contributed by atoms with van der Waals surface area (Å²) in [7, 11) is -4.23. The van der Waals surface area contributed by atoms with Crippen LogP contribution in [0.1, 0.15) is 142 Å². The van der Waals surface area contributed by atoms with Gasteiger partial charge in [0, 0.05) is 0 Å². The minimum atomic E-state index is -4.23. The SMILES string of the molecule is CCCCCCCCCCCCOC(=O)O.CCCCCCCCCCCCOS(=O)(=O)O.[NaH].[NaH]. The second-order valence-corrected chi connectivity index (χ2v) is 9.82. The second kappa shape index (κ2) is 35.1. The number of carboxylic acid groups (broad SMARTS) is 1. The summed E-state index contributed by atoms with van der Waals surface area (Å²) in [6.45, 7) is 4.90. The van der Waals surface area contributed by atoms with Gasteiger partial charge in [0.2, 0.25) is 0 Å². The Morgan fingerprint density at radius 3 is 1.14 bits per heavy atom. The zero-order valence-electron chi connectivity index (χ0n) is 21.4. The molecule has 0 unspecified atom stereocenters. The van der Waals surface area contributed by atoms with Crippen LogP contribution in [-0.2, 0) is 19.3 Å². The summed E-state index contributed by atoms with van der Waals surface area (Å²) in [5.74, 6) is 0. The van der Waals surface area contributed by atoms with Gasteiger partial charge in [0.15, 0.2) is 0 Å². The van der Waals surface area contributed by atoms with Crippen molar-refractivity contribution in [3.05, 3.63) is 0 Å². The molecule has 0 rings (SSSR count). The molecule has 0 saturated heterocycles. The fourth-order valence-electron chi connectivity index (χ4n) is 3.50. The molecule has 0 aromatic heterocycles. The van der Waals surface area contributed by atoms with Crippen molar-refractivity contribution in [1.29, 1.82) is 0 Å². The van der Waals surface area contributed by atoms with E-state index in [0.717, 1.165) is 25.7 Å². The van der Waals surface area contributed by atoms with E-state index in [2.05, 4.69) is 22.8 Å². The van der Waals surface area contributed by atoms with E-state index >= 15 is 0 Å². The van der Waals surface area contributed by atoms with Gasteiger partial charge in [0.25, 0.3) is 0 Å². The van der Waals surface area contributed by atoms with E-state index in [9.17, 15) is 13.2 Å². The predicted octanol–water partition coefficient (Wildman–Crippen LogP) is 7.03. The Morgan fingerprint density at radius 1 is 0.571 bits per heavy atom. The monoisotopic (exact) mass is 544 g/mol. The van der Waals surface area contributed by atoms with E-state index in [0.29, 0.717) is 13.0 Å². The van der Waals surface area contributed by atoms with Crippen LogP contribution < -0.4 is 0 Å². The number of hydrogen-bond acceptors (Lipinski definition) is 5. The van der Waals surface area contributed by atoms with Gasteiger partial charge in [0.1, 0.15) is 0 Å². The maximum atomic E-state index is 10.2. The summed E-state index contributed by atoms with van der Waals surface area (Å²) < 4.78 is 37.4. The Bertz CT molecular complexity index is 506. The van der Waals surface area contributed by atoms with Crippen LogP contribution in [0.2, 0.25) is 0 Å². The van der Waals surface area contributed by atoms with Gasteiger partial charge in [-0.15, -0.1) is 0 Å². The summed E-state index contributed by atoms with van der Waals surface area (Å²) in [5, 5.41) is 8.23. The van der Waals surface area contributed by atoms with Crippen LogP contribution in [0, 0.1) is 0 Å². The van der Waals surface area contributed by atoms with Crippen LogP contribution >= 0.6 is 0 Å². The zero-order valence-corrected chi connectivity index (χ0v) is 22.2. The molecule has 35 heavy (non-hydrogen) atoms. The first-order valence-electron chi connectivity index (χ1n) is 13.3. The first-order valence-corrected chi connectivity index (χ1v) is 14.7. The van der Waals surface area contributed by atoms with Crippen molar-refractivity contribution in [3.63, 3.8) is 0 Å². The molecule has 0 bridgehead atoms. The van der Waals surface area contributed by atoms with Gasteiger partial charge in [0.05, 0.1) is 13.2 Å². The summed E-state index contributed by atoms with van der Waals surface area (Å²) in [6, 6.07) is 0. The normalized spacial score (nSPS) is 10.5. The van der Waals surface area contributed by atoms with Crippen LogP contribution in [0.25, 0.3) is 0 Å². The Kier molecular flexibility index (Phi) is 43.4. The molecule has 0 radical (unpaired) electrons. The summed E-state index contributed by atoms with van der Waals surface area (Å²) in [4.78, 5) is 10.0. The standard InChI is InChI=1S/C13H26O3.C12H26O4S.2Na.2H/c1-2-3-4-5-6-7-8-9-10-11-12-16-13(14)15;1-2-3-4-5-6-7-8-9-10-11-12-16-17(13,14)15;;;;/h2-12H2,1H3,(H,14,15);2-12H2,1H3,(H,13,14,15);;;;. The third kappa shape index (κ3) is 48.7. The molecule has 0 spiro atoms. The quantitative estimate of drug-likeness (QED) is 0.0615. The van der Waals surface area contributed by atoms with Gasteiger partial charge in [-0.1, -0.05) is 129 Å². The molecule has 0 fully saturated rings. The second-order valence-electron chi connectivity index (χ2n) is 8.73. The molecule has 10 heteroatoms. The molecule has 0 aromatic carbocycles. The van der Waals surface area contributed by atoms with Crippen LogP contribution in [-0.4, -0.2) is 96.6 Å². The molecule has 0 amide bonds. The van der Waals surface area contributed by atoms with E-state index < -0.39 is 16.6 Å². The number of rotatable bonds is 23.